The summed E-state index contributed by atoms with van der Waals surface area (Å²) in [5.74, 6) is 1.26. The Bertz CT molecular complexity index is 1280. The second kappa shape index (κ2) is 9.75. The van der Waals surface area contributed by atoms with Crippen molar-refractivity contribution in [3.8, 4) is 5.75 Å². The lowest BCUT2D eigenvalue weighted by atomic mass is 9.88. The molecule has 34 heavy (non-hydrogen) atoms. The number of hydrogen-bond acceptors (Lipinski definition) is 6. The van der Waals surface area contributed by atoms with E-state index in [0.29, 0.717) is 34.6 Å². The van der Waals surface area contributed by atoms with E-state index in [1.54, 1.807) is 18.2 Å². The number of aromatic nitrogens is 2. The van der Waals surface area contributed by atoms with Crippen LogP contribution in [0.25, 0.3) is 10.9 Å². The van der Waals surface area contributed by atoms with Crippen molar-refractivity contribution < 1.29 is 9.66 Å². The maximum atomic E-state index is 13.4. The molecule has 0 aliphatic heterocycles. The molecule has 0 unspecified atom stereocenters. The molecule has 8 heteroatoms. The summed E-state index contributed by atoms with van der Waals surface area (Å²) < 4.78 is 7.32. The lowest BCUT2D eigenvalue weighted by molar-refractivity contribution is -0.384. The van der Waals surface area contributed by atoms with Gasteiger partial charge >= 0.3 is 0 Å². The standard InChI is InChI=1S/C26H30N4O4/c1-26(2,3)17-34-23-14-13-20(30(32)33)15-19(23)16-27-29-24(18-9-5-4-6-10-18)28-22-12-8-7-11-21(22)25(29)31/h7-8,11-16,18H,4-6,9-10,17H2,1-3H3. The van der Waals surface area contributed by atoms with Crippen LogP contribution in [0, 0.1) is 15.5 Å². The normalized spacial score (nSPS) is 15.1. The van der Waals surface area contributed by atoms with E-state index in [0.717, 1.165) is 25.7 Å². The minimum atomic E-state index is -0.456. The second-order valence-electron chi connectivity index (χ2n) is 10.0. The molecule has 0 bridgehead atoms. The van der Waals surface area contributed by atoms with Crippen LogP contribution < -0.4 is 10.3 Å². The van der Waals surface area contributed by atoms with Gasteiger partial charge in [-0.2, -0.15) is 9.78 Å². The van der Waals surface area contributed by atoms with Crippen molar-refractivity contribution in [1.29, 1.82) is 0 Å². The molecule has 0 atom stereocenters. The van der Waals surface area contributed by atoms with Crippen LogP contribution in [0.15, 0.2) is 52.4 Å². The SMILES string of the molecule is CC(C)(C)COc1ccc([N+](=O)[O-])cc1C=Nn1c(C2CCCCC2)nc2ccccc2c1=O. The lowest BCUT2D eigenvalue weighted by Crippen LogP contribution is -2.25. The van der Waals surface area contributed by atoms with Crippen molar-refractivity contribution in [3.05, 3.63) is 74.3 Å². The van der Waals surface area contributed by atoms with Crippen LogP contribution in [0.2, 0.25) is 0 Å². The molecule has 4 rings (SSSR count). The number of hydrogen-bond donors (Lipinski definition) is 0. The van der Waals surface area contributed by atoms with Gasteiger partial charge < -0.3 is 4.74 Å². The van der Waals surface area contributed by atoms with Crippen molar-refractivity contribution in [2.75, 3.05) is 6.61 Å². The number of non-ortho nitro benzene ring substituents is 1. The summed E-state index contributed by atoms with van der Waals surface area (Å²) in [5, 5.41) is 16.4. The molecule has 1 fully saturated rings. The number of nitro groups is 1. The van der Waals surface area contributed by atoms with Crippen molar-refractivity contribution in [2.24, 2.45) is 10.5 Å². The van der Waals surface area contributed by atoms with Crippen LogP contribution in [-0.2, 0) is 0 Å². The first-order chi connectivity index (χ1) is 16.2. The molecule has 1 aliphatic carbocycles. The fraction of sp³-hybridized carbons (Fsp3) is 0.423. The third kappa shape index (κ3) is 5.32. The van der Waals surface area contributed by atoms with Gasteiger partial charge in [-0.1, -0.05) is 52.2 Å². The average Bonchev–Trinajstić information content (AvgIpc) is 2.82. The summed E-state index contributed by atoms with van der Waals surface area (Å²) in [7, 11) is 0. The van der Waals surface area contributed by atoms with E-state index in [2.05, 4.69) is 5.10 Å². The number of nitrogens with zero attached hydrogens (tertiary/aromatic N) is 4. The number of fused-ring (bicyclic) bond motifs is 1. The van der Waals surface area contributed by atoms with E-state index in [1.165, 1.54) is 29.4 Å². The highest BCUT2D eigenvalue weighted by atomic mass is 16.6. The third-order valence-corrected chi connectivity index (χ3v) is 5.93. The minimum Gasteiger partial charge on any atom is -0.492 e. The quantitative estimate of drug-likeness (QED) is 0.267. The van der Waals surface area contributed by atoms with E-state index >= 15 is 0 Å². The number of benzene rings is 2. The zero-order chi connectivity index (χ0) is 24.3. The summed E-state index contributed by atoms with van der Waals surface area (Å²) in [4.78, 5) is 29.1. The highest BCUT2D eigenvalue weighted by Gasteiger charge is 2.22. The topological polar surface area (TPSA) is 99.6 Å². The molecule has 0 radical (unpaired) electrons. The highest BCUT2D eigenvalue weighted by molar-refractivity contribution is 5.85. The Labute approximate surface area is 198 Å². The zero-order valence-electron chi connectivity index (χ0n) is 19.9. The molecule has 1 heterocycles. The number of ether oxygens (including phenoxy) is 1. The van der Waals surface area contributed by atoms with Crippen LogP contribution in [0.3, 0.4) is 0 Å². The first kappa shape index (κ1) is 23.6. The Hall–Kier alpha value is -3.55. The van der Waals surface area contributed by atoms with E-state index in [1.807, 2.05) is 32.9 Å². The van der Waals surface area contributed by atoms with Crippen molar-refractivity contribution in [2.45, 2.75) is 58.8 Å². The van der Waals surface area contributed by atoms with Gasteiger partial charge in [0.25, 0.3) is 11.2 Å². The van der Waals surface area contributed by atoms with Crippen molar-refractivity contribution in [1.82, 2.24) is 9.66 Å². The van der Waals surface area contributed by atoms with E-state index in [-0.39, 0.29) is 22.6 Å². The van der Waals surface area contributed by atoms with E-state index in [9.17, 15) is 14.9 Å². The molecule has 1 aliphatic rings. The molecule has 0 amide bonds. The van der Waals surface area contributed by atoms with Crippen molar-refractivity contribution in [3.63, 3.8) is 0 Å². The molecule has 1 saturated carbocycles. The summed E-state index contributed by atoms with van der Waals surface area (Å²) in [6.07, 6.45) is 6.74. The Kier molecular flexibility index (Phi) is 6.77. The Morgan fingerprint density at radius 2 is 1.91 bits per heavy atom. The zero-order valence-corrected chi connectivity index (χ0v) is 19.9. The van der Waals surface area contributed by atoms with E-state index < -0.39 is 4.92 Å². The predicted molar refractivity (Wildman–Crippen MR) is 133 cm³/mol. The Balaban J connectivity index is 1.81. The number of nitro benzene ring substituents is 1. The molecule has 8 nitrogen and oxygen atoms in total. The fourth-order valence-corrected chi connectivity index (χ4v) is 4.17. The summed E-state index contributed by atoms with van der Waals surface area (Å²) in [6.45, 7) is 6.56. The molecular formula is C26H30N4O4. The van der Waals surface area contributed by atoms with Gasteiger partial charge in [0.2, 0.25) is 0 Å². The maximum Gasteiger partial charge on any atom is 0.282 e. The molecule has 1 aromatic heterocycles. The fourth-order valence-electron chi connectivity index (χ4n) is 4.17. The third-order valence-electron chi connectivity index (χ3n) is 5.93. The van der Waals surface area contributed by atoms with Gasteiger partial charge in [-0.25, -0.2) is 4.98 Å². The molecule has 0 saturated heterocycles. The molecule has 3 aromatic rings. The minimum absolute atomic E-state index is 0.0685. The van der Waals surface area contributed by atoms with Gasteiger partial charge in [0, 0.05) is 23.6 Å². The van der Waals surface area contributed by atoms with Crippen molar-refractivity contribution >= 4 is 22.8 Å². The Morgan fingerprint density at radius 1 is 1.18 bits per heavy atom. The number of rotatable bonds is 6. The van der Waals surface area contributed by atoms with E-state index in [4.69, 9.17) is 9.72 Å². The molecule has 0 N–H and O–H groups in total. The predicted octanol–water partition coefficient (Wildman–Crippen LogP) is 5.66. The number of para-hydroxylation sites is 1. The van der Waals surface area contributed by atoms with Gasteiger partial charge in [0.1, 0.15) is 11.6 Å². The lowest BCUT2D eigenvalue weighted by Gasteiger charge is -2.23. The van der Waals surface area contributed by atoms with Gasteiger partial charge in [-0.3, -0.25) is 14.9 Å². The van der Waals surface area contributed by atoms with Crippen LogP contribution >= 0.6 is 0 Å². The molecular weight excluding hydrogens is 432 g/mol. The Morgan fingerprint density at radius 3 is 2.62 bits per heavy atom. The first-order valence-corrected chi connectivity index (χ1v) is 11.7. The van der Waals surface area contributed by atoms with Crippen LogP contribution in [0.1, 0.15) is 70.2 Å². The van der Waals surface area contributed by atoms with Gasteiger partial charge in [-0.15, -0.1) is 0 Å². The highest BCUT2D eigenvalue weighted by Crippen LogP contribution is 2.32. The largest absolute Gasteiger partial charge is 0.492 e. The molecule has 178 valence electrons. The van der Waals surface area contributed by atoms with Crippen LogP contribution in [-0.4, -0.2) is 27.4 Å². The molecule has 0 spiro atoms. The van der Waals surface area contributed by atoms with Crippen LogP contribution in [0.5, 0.6) is 5.75 Å². The summed E-state index contributed by atoms with van der Waals surface area (Å²) in [6, 6.07) is 11.7. The maximum absolute atomic E-state index is 13.4. The molecule has 2 aromatic carbocycles. The van der Waals surface area contributed by atoms with Gasteiger partial charge in [0.15, 0.2) is 0 Å². The van der Waals surface area contributed by atoms with Crippen LogP contribution in [0.4, 0.5) is 5.69 Å². The first-order valence-electron chi connectivity index (χ1n) is 11.7. The summed E-state index contributed by atoms with van der Waals surface area (Å²) in [5.41, 5.74) is 0.687. The second-order valence-corrected chi connectivity index (χ2v) is 10.0. The van der Waals surface area contributed by atoms with Gasteiger partial charge in [0.05, 0.1) is 28.6 Å². The monoisotopic (exact) mass is 462 g/mol. The smallest absolute Gasteiger partial charge is 0.282 e. The average molecular weight is 463 g/mol. The van der Waals surface area contributed by atoms with Gasteiger partial charge in [-0.05, 0) is 36.5 Å². The summed E-state index contributed by atoms with van der Waals surface area (Å²) >= 11 is 0.